The van der Waals surface area contributed by atoms with E-state index >= 15 is 0 Å². The second kappa shape index (κ2) is 16.3. The molecule has 0 aliphatic carbocycles. The summed E-state index contributed by atoms with van der Waals surface area (Å²) in [5.74, 6) is 0. The molecule has 0 aromatic rings. The fourth-order valence-electron chi connectivity index (χ4n) is 2.80. The molecule has 0 spiro atoms. The summed E-state index contributed by atoms with van der Waals surface area (Å²) in [5, 5.41) is 8.87. The minimum atomic E-state index is -4.41. The zero-order valence-electron chi connectivity index (χ0n) is 15.4. The van der Waals surface area contributed by atoms with Gasteiger partial charge in [-0.2, -0.15) is 0 Å². The Bertz CT molecular complexity index is 347. The topological polar surface area (TPSA) is 77.4 Å². The molecule has 0 fully saturated rings. The third-order valence-electron chi connectivity index (χ3n) is 4.25. The van der Waals surface area contributed by atoms with Crippen molar-refractivity contribution in [1.29, 1.82) is 0 Å². The van der Waals surface area contributed by atoms with Crippen LogP contribution in [-0.2, 0) is 10.1 Å². The first-order valence-corrected chi connectivity index (χ1v) is 10.5. The number of aliphatic hydroxyl groups excluding tert-OH is 1. The van der Waals surface area contributed by atoms with Crippen LogP contribution in [0.25, 0.3) is 0 Å². The first-order chi connectivity index (χ1) is 10.4. The van der Waals surface area contributed by atoms with Gasteiger partial charge >= 0.3 is 29.6 Å². The predicted octanol–water partition coefficient (Wildman–Crippen LogP) is 1.38. The molecule has 0 bridgehead atoms. The summed E-state index contributed by atoms with van der Waals surface area (Å²) in [7, 11) is -4.41. The van der Waals surface area contributed by atoms with Crippen LogP contribution in [0.4, 0.5) is 0 Å². The Morgan fingerprint density at radius 1 is 0.783 bits per heavy atom. The maximum Gasteiger partial charge on any atom is 1.00 e. The predicted molar refractivity (Wildman–Crippen MR) is 90.9 cm³/mol. The molecule has 1 N–H and O–H groups in total. The van der Waals surface area contributed by atoms with Crippen molar-refractivity contribution in [3.63, 3.8) is 0 Å². The Balaban J connectivity index is 0. The first-order valence-electron chi connectivity index (χ1n) is 9.06. The second-order valence-electron chi connectivity index (χ2n) is 6.36. The monoisotopic (exact) mass is 358 g/mol. The smallest absolute Gasteiger partial charge is 0.748 e. The molecule has 134 valence electrons. The average molecular weight is 359 g/mol. The minimum absolute atomic E-state index is 0. The zero-order valence-corrected chi connectivity index (χ0v) is 18.2. The van der Waals surface area contributed by atoms with E-state index in [-0.39, 0.29) is 29.6 Å². The van der Waals surface area contributed by atoms with Gasteiger partial charge in [-0.05, 0) is 12.8 Å². The van der Waals surface area contributed by atoms with Gasteiger partial charge in [-0.3, -0.25) is 0 Å². The van der Waals surface area contributed by atoms with Crippen molar-refractivity contribution < 1.29 is 47.6 Å². The molecule has 0 rings (SSSR count). The van der Waals surface area contributed by atoms with Gasteiger partial charge in [0.2, 0.25) is 0 Å². The van der Waals surface area contributed by atoms with Crippen molar-refractivity contribution in [1.82, 2.24) is 0 Å². The molecule has 4 nitrogen and oxygen atoms in total. The zero-order chi connectivity index (χ0) is 16.8. The largest absolute Gasteiger partial charge is 1.00 e. The molecule has 0 aromatic heterocycles. The summed E-state index contributed by atoms with van der Waals surface area (Å²) in [6, 6.07) is 0. The summed E-state index contributed by atoms with van der Waals surface area (Å²) in [4.78, 5) is 0. The molecule has 0 radical (unpaired) electrons. The molecule has 2 unspecified atom stereocenters. The van der Waals surface area contributed by atoms with Crippen molar-refractivity contribution in [3.8, 4) is 0 Å². The third-order valence-corrected chi connectivity index (χ3v) is 5.54. The molecule has 6 heteroatoms. The van der Waals surface area contributed by atoms with Gasteiger partial charge < -0.3 is 9.66 Å². The van der Waals surface area contributed by atoms with Crippen molar-refractivity contribution in [2.24, 2.45) is 0 Å². The van der Waals surface area contributed by atoms with Crippen LogP contribution in [0.5, 0.6) is 0 Å². The Labute approximate surface area is 165 Å². The number of aliphatic hydroxyl groups is 1. The van der Waals surface area contributed by atoms with E-state index < -0.39 is 21.5 Å². The van der Waals surface area contributed by atoms with E-state index in [0.717, 1.165) is 32.1 Å². The molecule has 0 aliphatic heterocycles. The molecule has 23 heavy (non-hydrogen) atoms. The van der Waals surface area contributed by atoms with E-state index in [1.807, 2.05) is 0 Å². The first kappa shape index (κ1) is 26.1. The van der Waals surface area contributed by atoms with Crippen molar-refractivity contribution in [2.75, 3.05) is 0 Å². The van der Waals surface area contributed by atoms with Gasteiger partial charge in [0.25, 0.3) is 0 Å². The Morgan fingerprint density at radius 2 is 1.17 bits per heavy atom. The standard InChI is InChI=1S/C17H36O4S.Na/c1-3-5-7-8-9-10-11-13-15-17(22(19,20)21)16(18)14-12-6-4-2;/h16-18H,3-15H2,1-2H3,(H,19,20,21);/q;+1/p-1. The molecule has 0 heterocycles. The molecule has 0 aromatic carbocycles. The van der Waals surface area contributed by atoms with Crippen LogP contribution in [0.15, 0.2) is 0 Å². The van der Waals surface area contributed by atoms with Gasteiger partial charge in [0, 0.05) is 0 Å². The number of unbranched alkanes of at least 4 members (excludes halogenated alkanes) is 9. The van der Waals surface area contributed by atoms with Gasteiger partial charge in [-0.1, -0.05) is 84.5 Å². The van der Waals surface area contributed by atoms with E-state index in [1.165, 1.54) is 32.1 Å². The summed E-state index contributed by atoms with van der Waals surface area (Å²) in [5.41, 5.74) is 0. The van der Waals surface area contributed by atoms with Crippen LogP contribution in [0.3, 0.4) is 0 Å². The fraction of sp³-hybridized carbons (Fsp3) is 1.00. The molecule has 0 saturated heterocycles. The number of hydrogen-bond donors (Lipinski definition) is 1. The second-order valence-corrected chi connectivity index (χ2v) is 7.95. The summed E-state index contributed by atoms with van der Waals surface area (Å²) < 4.78 is 34.0. The van der Waals surface area contributed by atoms with Crippen molar-refractivity contribution >= 4 is 10.1 Å². The minimum Gasteiger partial charge on any atom is -0.748 e. The number of hydrogen-bond acceptors (Lipinski definition) is 4. The average Bonchev–Trinajstić information content (AvgIpc) is 2.44. The van der Waals surface area contributed by atoms with Crippen LogP contribution >= 0.6 is 0 Å². The van der Waals surface area contributed by atoms with Crippen LogP contribution in [0.2, 0.25) is 0 Å². The quantitative estimate of drug-likeness (QED) is 0.272. The van der Waals surface area contributed by atoms with E-state index in [1.54, 1.807) is 0 Å². The summed E-state index contributed by atoms with van der Waals surface area (Å²) in [6.45, 7) is 4.24. The molecule has 0 aliphatic rings. The normalized spacial score (nSPS) is 14.3. The van der Waals surface area contributed by atoms with Gasteiger partial charge in [0.1, 0.15) is 10.1 Å². The SMILES string of the molecule is CCCCCCCCCCC(C(O)CCCCC)S(=O)(=O)[O-].[Na+]. The van der Waals surface area contributed by atoms with Crippen molar-refractivity contribution in [2.45, 2.75) is 109 Å². The van der Waals surface area contributed by atoms with E-state index in [4.69, 9.17) is 0 Å². The fourth-order valence-corrected chi connectivity index (χ4v) is 3.77. The van der Waals surface area contributed by atoms with Crippen molar-refractivity contribution in [3.05, 3.63) is 0 Å². The molecular weight excluding hydrogens is 323 g/mol. The van der Waals surface area contributed by atoms with Crippen LogP contribution in [0, 0.1) is 0 Å². The molecular formula is C17H35NaO4S. The van der Waals surface area contributed by atoms with E-state index in [2.05, 4.69) is 13.8 Å². The maximum absolute atomic E-state index is 11.3. The molecule has 0 amide bonds. The van der Waals surface area contributed by atoms with E-state index in [0.29, 0.717) is 19.3 Å². The summed E-state index contributed by atoms with van der Waals surface area (Å²) >= 11 is 0. The Morgan fingerprint density at radius 3 is 1.65 bits per heavy atom. The van der Waals surface area contributed by atoms with Crippen LogP contribution < -0.4 is 29.6 Å². The third kappa shape index (κ3) is 14.9. The van der Waals surface area contributed by atoms with E-state index in [9.17, 15) is 18.1 Å². The van der Waals surface area contributed by atoms with Gasteiger partial charge in [0.15, 0.2) is 0 Å². The Hall–Kier alpha value is 0.870. The summed E-state index contributed by atoms with van der Waals surface area (Å²) in [6.07, 6.45) is 11.4. The number of rotatable bonds is 15. The van der Waals surface area contributed by atoms with Crippen LogP contribution in [-0.4, -0.2) is 29.4 Å². The molecule has 0 saturated carbocycles. The van der Waals surface area contributed by atoms with Gasteiger partial charge in [-0.25, -0.2) is 8.42 Å². The van der Waals surface area contributed by atoms with Gasteiger partial charge in [0.05, 0.1) is 11.4 Å². The van der Waals surface area contributed by atoms with Gasteiger partial charge in [-0.15, -0.1) is 0 Å². The molecule has 2 atom stereocenters. The Kier molecular flexibility index (Phi) is 18.5. The van der Waals surface area contributed by atoms with Crippen LogP contribution in [0.1, 0.15) is 97.3 Å². The maximum atomic E-state index is 11.3.